The largest absolute Gasteiger partial charge is 0.481 e. The van der Waals surface area contributed by atoms with E-state index in [0.717, 1.165) is 0 Å². The van der Waals surface area contributed by atoms with Gasteiger partial charge < -0.3 is 10.2 Å². The molecule has 0 spiro atoms. The predicted octanol–water partition coefficient (Wildman–Crippen LogP) is -0.599. The first-order valence-corrected chi connectivity index (χ1v) is 5.80. The van der Waals surface area contributed by atoms with Gasteiger partial charge in [-0.25, -0.2) is 8.42 Å². The van der Waals surface area contributed by atoms with Gasteiger partial charge in [-0.3, -0.25) is 4.79 Å². The summed E-state index contributed by atoms with van der Waals surface area (Å²) >= 11 is 0. The molecule has 6 heteroatoms. The number of aliphatic hydroxyl groups is 1. The fraction of sp³-hybridized carbons (Fsp3) is 0.857. The van der Waals surface area contributed by atoms with Gasteiger partial charge in [0.2, 0.25) is 0 Å². The van der Waals surface area contributed by atoms with Crippen molar-refractivity contribution in [3.63, 3.8) is 0 Å². The van der Waals surface area contributed by atoms with Gasteiger partial charge >= 0.3 is 5.97 Å². The van der Waals surface area contributed by atoms with Gasteiger partial charge in [-0.15, -0.1) is 0 Å². The van der Waals surface area contributed by atoms with Crippen LogP contribution in [0.4, 0.5) is 0 Å². The lowest BCUT2D eigenvalue weighted by molar-refractivity contribution is -0.142. The minimum Gasteiger partial charge on any atom is -0.481 e. The molecule has 1 saturated heterocycles. The Morgan fingerprint density at radius 1 is 1.46 bits per heavy atom. The highest BCUT2D eigenvalue weighted by molar-refractivity contribution is 7.91. The molecule has 1 rings (SSSR count). The maximum Gasteiger partial charge on any atom is 0.306 e. The molecular weight excluding hydrogens is 196 g/mol. The van der Waals surface area contributed by atoms with Crippen LogP contribution in [0, 0.1) is 0 Å². The summed E-state index contributed by atoms with van der Waals surface area (Å²) in [6.45, 7) is 0. The number of carboxylic acids is 1. The summed E-state index contributed by atoms with van der Waals surface area (Å²) < 4.78 is 22.2. The quantitative estimate of drug-likeness (QED) is 0.632. The van der Waals surface area contributed by atoms with Gasteiger partial charge in [-0.2, -0.15) is 0 Å². The van der Waals surface area contributed by atoms with Crippen LogP contribution in [0.1, 0.15) is 19.3 Å². The van der Waals surface area contributed by atoms with Crippen LogP contribution in [0.15, 0.2) is 0 Å². The number of rotatable bonds is 2. The van der Waals surface area contributed by atoms with Crippen LogP contribution in [0.2, 0.25) is 0 Å². The Morgan fingerprint density at radius 3 is 2.54 bits per heavy atom. The molecule has 1 unspecified atom stereocenters. The van der Waals surface area contributed by atoms with Crippen molar-refractivity contribution in [3.05, 3.63) is 0 Å². The Kier molecular flexibility index (Phi) is 2.63. The third-order valence-electron chi connectivity index (χ3n) is 2.07. The number of aliphatic carboxylic acids is 1. The van der Waals surface area contributed by atoms with Crippen molar-refractivity contribution in [1.82, 2.24) is 0 Å². The summed E-state index contributed by atoms with van der Waals surface area (Å²) in [5.74, 6) is -1.54. The van der Waals surface area contributed by atoms with Crippen LogP contribution in [0.5, 0.6) is 0 Å². The monoisotopic (exact) mass is 208 g/mol. The Morgan fingerprint density at radius 2 is 2.08 bits per heavy atom. The van der Waals surface area contributed by atoms with Gasteiger partial charge in [0.05, 0.1) is 23.5 Å². The minimum atomic E-state index is -3.25. The Hall–Kier alpha value is -0.620. The first-order chi connectivity index (χ1) is 5.83. The second-order valence-corrected chi connectivity index (χ2v) is 5.67. The van der Waals surface area contributed by atoms with E-state index in [2.05, 4.69) is 0 Å². The SMILES string of the molecule is O=C(O)CC1(O)CCCS(=O)(=O)C1. The van der Waals surface area contributed by atoms with Crippen molar-refractivity contribution < 1.29 is 23.4 Å². The second kappa shape index (κ2) is 3.26. The number of carbonyl (C=O) groups is 1. The molecule has 0 aromatic rings. The summed E-state index contributed by atoms with van der Waals surface area (Å²) in [7, 11) is -3.25. The molecule has 5 nitrogen and oxygen atoms in total. The minimum absolute atomic E-state index is 0.0505. The average Bonchev–Trinajstić information content (AvgIpc) is 1.79. The first-order valence-electron chi connectivity index (χ1n) is 3.98. The first kappa shape index (κ1) is 10.5. The van der Waals surface area contributed by atoms with Crippen molar-refractivity contribution in [3.8, 4) is 0 Å². The molecule has 0 bridgehead atoms. The van der Waals surface area contributed by atoms with E-state index >= 15 is 0 Å². The zero-order chi connectivity index (χ0) is 10.1. The third kappa shape index (κ3) is 2.96. The predicted molar refractivity (Wildman–Crippen MR) is 45.1 cm³/mol. The van der Waals surface area contributed by atoms with E-state index in [0.29, 0.717) is 6.42 Å². The van der Waals surface area contributed by atoms with Crippen LogP contribution >= 0.6 is 0 Å². The standard InChI is InChI=1S/C7H12O5S/c8-6(9)4-7(10)2-1-3-13(11,12)5-7/h10H,1-5H2,(H,8,9). The maximum absolute atomic E-state index is 11.1. The summed E-state index contributed by atoms with van der Waals surface area (Å²) in [5, 5.41) is 18.1. The molecule has 1 aliphatic heterocycles. The van der Waals surface area contributed by atoms with Crippen molar-refractivity contribution in [1.29, 1.82) is 0 Å². The molecular formula is C7H12O5S. The number of hydrogen-bond acceptors (Lipinski definition) is 4. The summed E-state index contributed by atoms with van der Waals surface area (Å²) in [6.07, 6.45) is 0.0941. The highest BCUT2D eigenvalue weighted by atomic mass is 32.2. The Balaban J connectivity index is 2.74. The summed E-state index contributed by atoms with van der Waals surface area (Å²) in [5.41, 5.74) is -1.55. The third-order valence-corrected chi connectivity index (χ3v) is 3.95. The molecule has 1 atom stereocenters. The van der Waals surface area contributed by atoms with Crippen molar-refractivity contribution >= 4 is 15.8 Å². The van der Waals surface area contributed by atoms with Crippen molar-refractivity contribution in [2.24, 2.45) is 0 Å². The Labute approximate surface area is 76.3 Å². The molecule has 0 radical (unpaired) electrons. The van der Waals surface area contributed by atoms with E-state index in [-0.39, 0.29) is 12.2 Å². The number of sulfone groups is 1. The highest BCUT2D eigenvalue weighted by Gasteiger charge is 2.38. The molecule has 1 fully saturated rings. The zero-order valence-electron chi connectivity index (χ0n) is 7.06. The summed E-state index contributed by atoms with van der Waals surface area (Å²) in [4.78, 5) is 10.3. The molecule has 0 amide bonds. The van der Waals surface area contributed by atoms with E-state index in [1.807, 2.05) is 0 Å². The van der Waals surface area contributed by atoms with Crippen LogP contribution in [-0.2, 0) is 14.6 Å². The molecule has 1 heterocycles. The second-order valence-electron chi connectivity index (χ2n) is 3.49. The zero-order valence-corrected chi connectivity index (χ0v) is 7.88. The fourth-order valence-electron chi connectivity index (χ4n) is 1.60. The van der Waals surface area contributed by atoms with Gasteiger partial charge in [0.15, 0.2) is 9.84 Å². The summed E-state index contributed by atoms with van der Waals surface area (Å²) in [6, 6.07) is 0. The van der Waals surface area contributed by atoms with E-state index in [4.69, 9.17) is 5.11 Å². The average molecular weight is 208 g/mol. The molecule has 1 aliphatic rings. The van der Waals surface area contributed by atoms with Gasteiger partial charge in [-0.05, 0) is 12.8 Å². The molecule has 0 aromatic heterocycles. The van der Waals surface area contributed by atoms with Crippen LogP contribution in [0.3, 0.4) is 0 Å². The van der Waals surface area contributed by atoms with E-state index in [9.17, 15) is 18.3 Å². The smallest absolute Gasteiger partial charge is 0.306 e. The number of hydrogen-bond donors (Lipinski definition) is 2. The van der Waals surface area contributed by atoms with Crippen LogP contribution < -0.4 is 0 Å². The maximum atomic E-state index is 11.1. The lowest BCUT2D eigenvalue weighted by Crippen LogP contribution is -2.43. The van der Waals surface area contributed by atoms with Crippen molar-refractivity contribution in [2.75, 3.05) is 11.5 Å². The van der Waals surface area contributed by atoms with Crippen molar-refractivity contribution in [2.45, 2.75) is 24.9 Å². The lowest BCUT2D eigenvalue weighted by atomic mass is 9.96. The van der Waals surface area contributed by atoms with Gasteiger partial charge in [0, 0.05) is 0 Å². The molecule has 13 heavy (non-hydrogen) atoms. The number of carboxylic acid groups (broad SMARTS) is 1. The van der Waals surface area contributed by atoms with Crippen LogP contribution in [-0.4, -0.2) is 41.7 Å². The Bertz CT molecular complexity index is 307. The van der Waals surface area contributed by atoms with Gasteiger partial charge in [0.25, 0.3) is 0 Å². The van der Waals surface area contributed by atoms with E-state index in [1.54, 1.807) is 0 Å². The molecule has 2 N–H and O–H groups in total. The molecule has 0 aliphatic carbocycles. The fourth-order valence-corrected chi connectivity index (χ4v) is 3.39. The topological polar surface area (TPSA) is 91.7 Å². The molecule has 0 saturated carbocycles. The van der Waals surface area contributed by atoms with Gasteiger partial charge in [0.1, 0.15) is 0 Å². The lowest BCUT2D eigenvalue weighted by Gasteiger charge is -2.29. The van der Waals surface area contributed by atoms with E-state index in [1.165, 1.54) is 0 Å². The molecule has 0 aromatic carbocycles. The van der Waals surface area contributed by atoms with Crippen LogP contribution in [0.25, 0.3) is 0 Å². The normalized spacial score (nSPS) is 32.7. The van der Waals surface area contributed by atoms with E-state index < -0.39 is 33.6 Å². The van der Waals surface area contributed by atoms with Gasteiger partial charge in [-0.1, -0.05) is 0 Å². The molecule has 76 valence electrons. The highest BCUT2D eigenvalue weighted by Crippen LogP contribution is 2.25.